The molecule has 88 valence electrons. The van der Waals surface area contributed by atoms with Gasteiger partial charge in [0.15, 0.2) is 9.84 Å². The number of amides is 1. The van der Waals surface area contributed by atoms with Crippen LogP contribution in [0.1, 0.15) is 19.8 Å². The summed E-state index contributed by atoms with van der Waals surface area (Å²) in [6, 6.07) is 0.0155. The first-order valence-electron chi connectivity index (χ1n) is 5.07. The lowest BCUT2D eigenvalue weighted by Crippen LogP contribution is -2.46. The summed E-state index contributed by atoms with van der Waals surface area (Å²) in [6.07, 6.45) is 2.87. The second kappa shape index (κ2) is 4.49. The molecule has 0 aromatic carbocycles. The van der Waals surface area contributed by atoms with Gasteiger partial charge in [0, 0.05) is 25.4 Å². The number of hydrogen-bond acceptors (Lipinski definition) is 4. The van der Waals surface area contributed by atoms with Crippen LogP contribution in [0.15, 0.2) is 0 Å². The summed E-state index contributed by atoms with van der Waals surface area (Å²) < 4.78 is 22.5. The maximum absolute atomic E-state index is 11.9. The first kappa shape index (κ1) is 12.4. The smallest absolute Gasteiger partial charge is 0.240 e. The third-order valence-corrected chi connectivity index (χ3v) is 4.41. The highest BCUT2D eigenvalue weighted by Crippen LogP contribution is 2.18. The van der Waals surface area contributed by atoms with E-state index in [-0.39, 0.29) is 11.9 Å². The minimum absolute atomic E-state index is 0.0155. The lowest BCUT2D eigenvalue weighted by Gasteiger charge is -2.25. The lowest BCUT2D eigenvalue weighted by atomic mass is 10.2. The summed E-state index contributed by atoms with van der Waals surface area (Å²) >= 11 is 0. The molecule has 1 saturated heterocycles. The van der Waals surface area contributed by atoms with Gasteiger partial charge in [-0.25, -0.2) is 8.42 Å². The van der Waals surface area contributed by atoms with Gasteiger partial charge < -0.3 is 10.6 Å². The predicted octanol–water partition coefficient (Wildman–Crippen LogP) is -0.631. The van der Waals surface area contributed by atoms with Crippen molar-refractivity contribution in [3.05, 3.63) is 0 Å². The van der Waals surface area contributed by atoms with Crippen molar-refractivity contribution in [3.63, 3.8) is 0 Å². The van der Waals surface area contributed by atoms with Crippen LogP contribution in [0.25, 0.3) is 0 Å². The van der Waals surface area contributed by atoms with E-state index < -0.39 is 15.1 Å². The molecule has 0 aliphatic carbocycles. The van der Waals surface area contributed by atoms with Crippen LogP contribution in [0.4, 0.5) is 0 Å². The molecule has 1 heterocycles. The Labute approximate surface area is 90.5 Å². The molecule has 1 aliphatic heterocycles. The number of carbonyl (C=O) groups excluding carboxylic acids is 1. The van der Waals surface area contributed by atoms with Crippen molar-refractivity contribution in [2.75, 3.05) is 19.3 Å². The van der Waals surface area contributed by atoms with Gasteiger partial charge in [0.05, 0.1) is 0 Å². The molecule has 2 unspecified atom stereocenters. The average molecular weight is 234 g/mol. The van der Waals surface area contributed by atoms with E-state index >= 15 is 0 Å². The molecule has 0 saturated carbocycles. The van der Waals surface area contributed by atoms with E-state index in [1.807, 2.05) is 0 Å². The van der Waals surface area contributed by atoms with E-state index in [4.69, 9.17) is 5.73 Å². The first-order valence-corrected chi connectivity index (χ1v) is 7.02. The minimum atomic E-state index is -3.30. The molecular weight excluding hydrogens is 216 g/mol. The molecule has 6 heteroatoms. The Morgan fingerprint density at radius 1 is 1.60 bits per heavy atom. The molecule has 1 fully saturated rings. The van der Waals surface area contributed by atoms with Crippen LogP contribution in [-0.2, 0) is 14.6 Å². The number of hydrogen-bond donors (Lipinski definition) is 1. The quantitative estimate of drug-likeness (QED) is 0.705. The summed E-state index contributed by atoms with van der Waals surface area (Å²) in [5.41, 5.74) is 5.53. The van der Waals surface area contributed by atoms with Crippen molar-refractivity contribution >= 4 is 15.7 Å². The van der Waals surface area contributed by atoms with Crippen molar-refractivity contribution in [3.8, 4) is 0 Å². The van der Waals surface area contributed by atoms with Crippen molar-refractivity contribution in [1.82, 2.24) is 4.90 Å². The van der Waals surface area contributed by atoms with Crippen molar-refractivity contribution in [2.45, 2.75) is 31.1 Å². The maximum Gasteiger partial charge on any atom is 0.240 e. The minimum Gasteiger partial charge on any atom is -0.337 e. The molecule has 1 rings (SSSR count). The van der Waals surface area contributed by atoms with Crippen LogP contribution in [0.2, 0.25) is 0 Å². The highest BCUT2D eigenvalue weighted by atomic mass is 32.2. The van der Waals surface area contributed by atoms with Gasteiger partial charge in [0.2, 0.25) is 5.91 Å². The Bertz CT molecular complexity index is 339. The monoisotopic (exact) mass is 234 g/mol. The number of carbonyl (C=O) groups is 1. The Hall–Kier alpha value is -0.620. The van der Waals surface area contributed by atoms with E-state index in [1.165, 1.54) is 6.92 Å². The molecule has 0 spiro atoms. The normalized spacial score (nSPS) is 24.2. The highest BCUT2D eigenvalue weighted by molar-refractivity contribution is 7.92. The Balaban J connectivity index is 2.76. The zero-order valence-electron chi connectivity index (χ0n) is 9.14. The van der Waals surface area contributed by atoms with Gasteiger partial charge >= 0.3 is 0 Å². The van der Waals surface area contributed by atoms with E-state index in [0.29, 0.717) is 13.1 Å². The van der Waals surface area contributed by atoms with Gasteiger partial charge in [-0.3, -0.25) is 4.79 Å². The third-order valence-electron chi connectivity index (χ3n) is 2.92. The van der Waals surface area contributed by atoms with Gasteiger partial charge in [-0.15, -0.1) is 0 Å². The molecule has 2 atom stereocenters. The Morgan fingerprint density at radius 3 is 2.67 bits per heavy atom. The number of likely N-dealkylation sites (tertiary alicyclic amines) is 1. The number of rotatable bonds is 3. The van der Waals surface area contributed by atoms with Crippen LogP contribution in [0.3, 0.4) is 0 Å². The Morgan fingerprint density at radius 2 is 2.20 bits per heavy atom. The SMILES string of the molecule is CC(C(=O)N1CCCC1CN)S(C)(=O)=O. The maximum atomic E-state index is 11.9. The average Bonchev–Trinajstić information content (AvgIpc) is 2.61. The standard InChI is InChI=1S/C9H18N2O3S/c1-7(15(2,13)14)9(12)11-5-3-4-8(11)6-10/h7-8H,3-6,10H2,1-2H3. The van der Waals surface area contributed by atoms with Crippen LogP contribution in [0, 0.1) is 0 Å². The fourth-order valence-electron chi connectivity index (χ4n) is 1.79. The zero-order valence-corrected chi connectivity index (χ0v) is 9.96. The lowest BCUT2D eigenvalue weighted by molar-refractivity contribution is -0.131. The molecular formula is C9H18N2O3S. The number of sulfone groups is 1. The third kappa shape index (κ3) is 2.69. The van der Waals surface area contributed by atoms with Crippen LogP contribution in [-0.4, -0.2) is 49.9 Å². The molecule has 1 aliphatic rings. The summed E-state index contributed by atoms with van der Waals surface area (Å²) in [6.45, 7) is 2.46. The molecule has 0 aromatic rings. The molecule has 0 bridgehead atoms. The molecule has 0 aromatic heterocycles. The van der Waals surface area contributed by atoms with E-state index in [0.717, 1.165) is 19.1 Å². The summed E-state index contributed by atoms with van der Waals surface area (Å²) in [5.74, 6) is -0.314. The summed E-state index contributed by atoms with van der Waals surface area (Å²) in [4.78, 5) is 13.5. The van der Waals surface area contributed by atoms with Crippen LogP contribution < -0.4 is 5.73 Å². The first-order chi connectivity index (χ1) is 6.88. The summed E-state index contributed by atoms with van der Waals surface area (Å²) in [5, 5.41) is -0.954. The van der Waals surface area contributed by atoms with Crippen LogP contribution in [0.5, 0.6) is 0 Å². The molecule has 1 amide bonds. The van der Waals surface area contributed by atoms with E-state index in [9.17, 15) is 13.2 Å². The predicted molar refractivity (Wildman–Crippen MR) is 58.1 cm³/mol. The van der Waals surface area contributed by atoms with Gasteiger partial charge in [0.1, 0.15) is 5.25 Å². The second-order valence-electron chi connectivity index (χ2n) is 4.04. The van der Waals surface area contributed by atoms with Crippen LogP contribution >= 0.6 is 0 Å². The zero-order chi connectivity index (χ0) is 11.6. The molecule has 2 N–H and O–H groups in total. The van der Waals surface area contributed by atoms with Gasteiger partial charge in [-0.05, 0) is 19.8 Å². The Kier molecular flexibility index (Phi) is 3.72. The van der Waals surface area contributed by atoms with Crippen molar-refractivity contribution in [2.24, 2.45) is 5.73 Å². The largest absolute Gasteiger partial charge is 0.337 e. The van der Waals surface area contributed by atoms with Gasteiger partial charge in [-0.2, -0.15) is 0 Å². The highest BCUT2D eigenvalue weighted by Gasteiger charge is 2.34. The fraction of sp³-hybridized carbons (Fsp3) is 0.889. The summed E-state index contributed by atoms with van der Waals surface area (Å²) in [7, 11) is -3.30. The fourth-order valence-corrected chi connectivity index (χ4v) is 2.29. The van der Waals surface area contributed by atoms with Crippen molar-refractivity contribution in [1.29, 1.82) is 0 Å². The molecule has 0 radical (unpaired) electrons. The molecule has 15 heavy (non-hydrogen) atoms. The van der Waals surface area contributed by atoms with Gasteiger partial charge in [-0.1, -0.05) is 0 Å². The van der Waals surface area contributed by atoms with Crippen molar-refractivity contribution < 1.29 is 13.2 Å². The number of nitrogens with two attached hydrogens (primary N) is 1. The second-order valence-corrected chi connectivity index (χ2v) is 6.40. The topological polar surface area (TPSA) is 80.5 Å². The molecule has 5 nitrogen and oxygen atoms in total. The number of nitrogens with zero attached hydrogens (tertiary/aromatic N) is 1. The van der Waals surface area contributed by atoms with E-state index in [2.05, 4.69) is 0 Å². The van der Waals surface area contributed by atoms with Gasteiger partial charge in [0.25, 0.3) is 0 Å². The van der Waals surface area contributed by atoms with E-state index in [1.54, 1.807) is 4.90 Å².